The van der Waals surface area contributed by atoms with Crippen LogP contribution in [0.5, 0.6) is 0 Å². The third-order valence-electron chi connectivity index (χ3n) is 2.06. The van der Waals surface area contributed by atoms with Crippen molar-refractivity contribution in [3.63, 3.8) is 0 Å². The Morgan fingerprint density at radius 2 is 2.25 bits per heavy atom. The van der Waals surface area contributed by atoms with Gasteiger partial charge in [0.15, 0.2) is 0 Å². The largest absolute Gasteiger partial charge is 0.330 e. The Morgan fingerprint density at radius 1 is 1.58 bits per heavy atom. The van der Waals surface area contributed by atoms with Gasteiger partial charge in [-0.3, -0.25) is 0 Å². The van der Waals surface area contributed by atoms with Gasteiger partial charge in [-0.25, -0.2) is 0 Å². The van der Waals surface area contributed by atoms with Gasteiger partial charge in [-0.15, -0.1) is 0 Å². The van der Waals surface area contributed by atoms with Crippen LogP contribution in [0.3, 0.4) is 0 Å². The summed E-state index contributed by atoms with van der Waals surface area (Å²) in [7, 11) is 0. The minimum Gasteiger partial charge on any atom is -0.330 e. The highest BCUT2D eigenvalue weighted by Gasteiger charge is 2.21. The third-order valence-corrected chi connectivity index (χ3v) is 3.31. The molecule has 0 radical (unpaired) electrons. The fourth-order valence-corrected chi connectivity index (χ4v) is 2.03. The Balaban J connectivity index is 2.81. The minimum absolute atomic E-state index is 0.195. The van der Waals surface area contributed by atoms with Gasteiger partial charge >= 0.3 is 0 Å². The van der Waals surface area contributed by atoms with E-state index >= 15 is 0 Å². The molecule has 1 aromatic heterocycles. The molecule has 0 atom stereocenters. The van der Waals surface area contributed by atoms with Crippen molar-refractivity contribution in [2.45, 2.75) is 32.6 Å². The fourth-order valence-electron chi connectivity index (χ4n) is 1.17. The summed E-state index contributed by atoms with van der Waals surface area (Å²) < 4.78 is 4.27. The number of nitrogens with zero attached hydrogens (tertiary/aromatic N) is 1. The summed E-state index contributed by atoms with van der Waals surface area (Å²) >= 11 is 1.59. The summed E-state index contributed by atoms with van der Waals surface area (Å²) in [5, 5.41) is 0. The number of hydrogen-bond acceptors (Lipinski definition) is 3. The van der Waals surface area contributed by atoms with E-state index in [1.165, 1.54) is 4.88 Å². The van der Waals surface area contributed by atoms with Crippen LogP contribution in [0.4, 0.5) is 0 Å². The highest BCUT2D eigenvalue weighted by atomic mass is 32.1. The van der Waals surface area contributed by atoms with E-state index in [1.807, 2.05) is 6.92 Å². The summed E-state index contributed by atoms with van der Waals surface area (Å²) in [6.45, 7) is 7.20. The summed E-state index contributed by atoms with van der Waals surface area (Å²) in [5.41, 5.74) is 6.85. The van der Waals surface area contributed by atoms with Crippen LogP contribution >= 0.6 is 11.5 Å². The molecule has 0 aliphatic carbocycles. The van der Waals surface area contributed by atoms with Crippen LogP contribution in [0.1, 0.15) is 30.8 Å². The van der Waals surface area contributed by atoms with Crippen molar-refractivity contribution in [2.24, 2.45) is 5.73 Å². The zero-order valence-corrected chi connectivity index (χ0v) is 8.74. The number of aryl methyl sites for hydroxylation is 1. The topological polar surface area (TPSA) is 38.9 Å². The van der Waals surface area contributed by atoms with Gasteiger partial charge in [-0.2, -0.15) is 4.37 Å². The van der Waals surface area contributed by atoms with Crippen molar-refractivity contribution in [3.8, 4) is 0 Å². The second kappa shape index (κ2) is 3.54. The molecule has 1 rings (SSSR count). The smallest absolute Gasteiger partial charge is 0.0514 e. The standard InChI is InChI=1S/C9H16N2S/c1-7-6-8(12-11-7)9(2,3)4-5-10/h6H,4-5,10H2,1-3H3. The maximum Gasteiger partial charge on any atom is 0.0514 e. The van der Waals surface area contributed by atoms with Crippen LogP contribution in [0.25, 0.3) is 0 Å². The van der Waals surface area contributed by atoms with E-state index in [4.69, 9.17) is 5.73 Å². The van der Waals surface area contributed by atoms with E-state index < -0.39 is 0 Å². The van der Waals surface area contributed by atoms with E-state index in [2.05, 4.69) is 24.3 Å². The molecule has 0 aromatic carbocycles. The van der Waals surface area contributed by atoms with Crippen LogP contribution in [0.2, 0.25) is 0 Å². The lowest BCUT2D eigenvalue weighted by Gasteiger charge is -2.21. The second-order valence-corrected chi connectivity index (χ2v) is 4.56. The van der Waals surface area contributed by atoms with Gasteiger partial charge in [0, 0.05) is 10.3 Å². The average Bonchev–Trinajstić information content (AvgIpc) is 2.36. The van der Waals surface area contributed by atoms with Crippen LogP contribution in [0.15, 0.2) is 6.07 Å². The van der Waals surface area contributed by atoms with Crippen molar-refractivity contribution >= 4 is 11.5 Å². The zero-order valence-electron chi connectivity index (χ0n) is 7.92. The maximum atomic E-state index is 5.54. The van der Waals surface area contributed by atoms with Gasteiger partial charge in [0.2, 0.25) is 0 Å². The van der Waals surface area contributed by atoms with Gasteiger partial charge in [0.25, 0.3) is 0 Å². The SMILES string of the molecule is Cc1cc(C(C)(C)CCN)sn1. The van der Waals surface area contributed by atoms with E-state index in [1.54, 1.807) is 11.5 Å². The van der Waals surface area contributed by atoms with Crippen LogP contribution in [-0.4, -0.2) is 10.9 Å². The fraction of sp³-hybridized carbons (Fsp3) is 0.667. The van der Waals surface area contributed by atoms with Crippen molar-refractivity contribution in [2.75, 3.05) is 6.54 Å². The molecule has 2 nitrogen and oxygen atoms in total. The Hall–Kier alpha value is -0.410. The van der Waals surface area contributed by atoms with Crippen molar-refractivity contribution in [1.82, 2.24) is 4.37 Å². The first kappa shape index (κ1) is 9.68. The van der Waals surface area contributed by atoms with Gasteiger partial charge in [0.05, 0.1) is 5.69 Å². The summed E-state index contributed by atoms with van der Waals surface area (Å²) in [5.74, 6) is 0. The molecule has 0 saturated heterocycles. The maximum absolute atomic E-state index is 5.54. The number of hydrogen-bond donors (Lipinski definition) is 1. The third kappa shape index (κ3) is 2.05. The van der Waals surface area contributed by atoms with Crippen LogP contribution in [0, 0.1) is 6.92 Å². The van der Waals surface area contributed by atoms with Crippen LogP contribution in [-0.2, 0) is 5.41 Å². The first-order valence-corrected chi connectivity index (χ1v) is 4.97. The molecular formula is C9H16N2S. The highest BCUT2D eigenvalue weighted by Crippen LogP contribution is 2.29. The monoisotopic (exact) mass is 184 g/mol. The molecule has 0 fully saturated rings. The molecule has 3 heteroatoms. The quantitative estimate of drug-likeness (QED) is 0.781. The molecule has 2 N–H and O–H groups in total. The molecule has 12 heavy (non-hydrogen) atoms. The van der Waals surface area contributed by atoms with Gasteiger partial charge in [0.1, 0.15) is 0 Å². The Bertz CT molecular complexity index is 253. The zero-order chi connectivity index (χ0) is 9.19. The van der Waals surface area contributed by atoms with Gasteiger partial charge in [-0.05, 0) is 37.5 Å². The van der Waals surface area contributed by atoms with Crippen LogP contribution < -0.4 is 5.73 Å². The van der Waals surface area contributed by atoms with E-state index in [0.29, 0.717) is 0 Å². The predicted octanol–water partition coefficient (Wildman–Crippen LogP) is 2.08. The Morgan fingerprint density at radius 3 is 2.67 bits per heavy atom. The molecule has 1 heterocycles. The van der Waals surface area contributed by atoms with Gasteiger partial charge in [-0.1, -0.05) is 13.8 Å². The lowest BCUT2D eigenvalue weighted by Crippen LogP contribution is -2.20. The van der Waals surface area contributed by atoms with E-state index in [9.17, 15) is 0 Å². The molecular weight excluding hydrogens is 168 g/mol. The summed E-state index contributed by atoms with van der Waals surface area (Å²) in [6.07, 6.45) is 1.02. The molecule has 0 aliphatic rings. The average molecular weight is 184 g/mol. The van der Waals surface area contributed by atoms with E-state index in [-0.39, 0.29) is 5.41 Å². The number of rotatable bonds is 3. The normalized spacial score (nSPS) is 12.0. The lowest BCUT2D eigenvalue weighted by atomic mass is 9.87. The molecule has 0 amide bonds. The molecule has 0 aliphatic heterocycles. The lowest BCUT2D eigenvalue weighted by molar-refractivity contribution is 0.497. The molecule has 0 saturated carbocycles. The highest BCUT2D eigenvalue weighted by molar-refractivity contribution is 7.06. The number of aromatic nitrogens is 1. The minimum atomic E-state index is 0.195. The summed E-state index contributed by atoms with van der Waals surface area (Å²) in [4.78, 5) is 1.34. The van der Waals surface area contributed by atoms with Crippen molar-refractivity contribution in [3.05, 3.63) is 16.6 Å². The Labute approximate surface area is 78.0 Å². The van der Waals surface area contributed by atoms with Crippen molar-refractivity contribution in [1.29, 1.82) is 0 Å². The molecule has 0 spiro atoms. The first-order valence-electron chi connectivity index (χ1n) is 4.20. The number of nitrogens with two attached hydrogens (primary N) is 1. The molecule has 0 unspecified atom stereocenters. The first-order chi connectivity index (χ1) is 5.56. The van der Waals surface area contributed by atoms with E-state index in [0.717, 1.165) is 18.7 Å². The molecule has 0 bridgehead atoms. The second-order valence-electron chi connectivity index (χ2n) is 3.76. The molecule has 1 aromatic rings. The summed E-state index contributed by atoms with van der Waals surface area (Å²) in [6, 6.07) is 2.15. The van der Waals surface area contributed by atoms with Crippen molar-refractivity contribution < 1.29 is 0 Å². The Kier molecular flexibility index (Phi) is 2.85. The molecule has 68 valence electrons. The van der Waals surface area contributed by atoms with Gasteiger partial charge < -0.3 is 5.73 Å². The predicted molar refractivity (Wildman–Crippen MR) is 53.5 cm³/mol.